The molecule has 0 spiro atoms. The summed E-state index contributed by atoms with van der Waals surface area (Å²) in [7, 11) is 0. The number of nitrogens with one attached hydrogen (secondary N) is 1. The lowest BCUT2D eigenvalue weighted by atomic mass is 9.99. The molecular weight excluding hydrogens is 835 g/mol. The lowest BCUT2D eigenvalue weighted by Gasteiger charge is -2.41. The Morgan fingerprint density at radius 3 is 1.79 bits per heavy atom. The van der Waals surface area contributed by atoms with Gasteiger partial charge in [-0.2, -0.15) is 0 Å². The molecule has 1 heterocycles. The normalized spacial score (nSPS) is 20.8. The Morgan fingerprint density at radius 2 is 1.17 bits per heavy atom. The van der Waals surface area contributed by atoms with E-state index in [-0.39, 0.29) is 19.4 Å². The molecule has 11 heteroatoms. The molecule has 8 atom stereocenters. The fraction of sp³-hybridized carbons (Fsp3) is 0.745. The molecule has 1 aliphatic rings. The van der Waals surface area contributed by atoms with Crippen LogP contribution in [0.4, 0.5) is 0 Å². The summed E-state index contributed by atoms with van der Waals surface area (Å²) in [6.45, 7) is 5.48. The topological polar surface area (TPSA) is 175 Å². The van der Waals surface area contributed by atoms with Crippen molar-refractivity contribution in [3.8, 4) is 0 Å². The van der Waals surface area contributed by atoms with Gasteiger partial charge in [-0.3, -0.25) is 9.59 Å². The number of hydrogen-bond acceptors (Lipinski definition) is 10. The highest BCUT2D eigenvalue weighted by molar-refractivity contribution is 5.80. The van der Waals surface area contributed by atoms with Gasteiger partial charge >= 0.3 is 5.97 Å². The van der Waals surface area contributed by atoms with E-state index in [1.165, 1.54) is 44.9 Å². The summed E-state index contributed by atoms with van der Waals surface area (Å²) in [6.07, 6.45) is 42.4. The predicted octanol–water partition coefficient (Wildman–Crippen LogP) is 10.9. The minimum Gasteiger partial charge on any atom is -0.454 e. The van der Waals surface area contributed by atoms with E-state index in [4.69, 9.17) is 14.2 Å². The van der Waals surface area contributed by atoms with E-state index in [2.05, 4.69) is 68.6 Å². The molecule has 11 nitrogen and oxygen atoms in total. The van der Waals surface area contributed by atoms with Crippen molar-refractivity contribution >= 4 is 11.9 Å². The molecule has 0 aromatic carbocycles. The smallest absolute Gasteiger partial charge is 0.306 e. The van der Waals surface area contributed by atoms with Crippen molar-refractivity contribution in [3.05, 3.63) is 72.9 Å². The van der Waals surface area contributed by atoms with Crippen LogP contribution in [0.2, 0.25) is 0 Å². The zero-order valence-corrected chi connectivity index (χ0v) is 41.5. The maximum absolute atomic E-state index is 13.3. The Hall–Kier alpha value is -2.90. The van der Waals surface area contributed by atoms with Crippen LogP contribution in [-0.4, -0.2) is 99.6 Å². The van der Waals surface area contributed by atoms with Gasteiger partial charge in [-0.15, -0.1) is 0 Å². The van der Waals surface area contributed by atoms with Gasteiger partial charge in [-0.05, 0) is 70.6 Å². The van der Waals surface area contributed by atoms with Crippen LogP contribution >= 0.6 is 0 Å². The monoisotopic (exact) mass is 930 g/mol. The van der Waals surface area contributed by atoms with Crippen LogP contribution in [0.3, 0.4) is 0 Å². The van der Waals surface area contributed by atoms with Crippen molar-refractivity contribution in [2.45, 2.75) is 250 Å². The molecule has 0 aromatic heterocycles. The number of hydrogen-bond donors (Lipinski definition) is 6. The second-order valence-electron chi connectivity index (χ2n) is 17.9. The zero-order chi connectivity index (χ0) is 48.3. The van der Waals surface area contributed by atoms with Crippen LogP contribution in [0.15, 0.2) is 72.9 Å². The number of carbonyl (C=O) groups excluding carboxylic acids is 2. The molecule has 380 valence electrons. The molecule has 0 saturated carbocycles. The average Bonchev–Trinajstić information content (AvgIpc) is 3.31. The van der Waals surface area contributed by atoms with E-state index < -0.39 is 67.4 Å². The molecule has 1 rings (SSSR count). The van der Waals surface area contributed by atoms with Gasteiger partial charge in [0.05, 0.1) is 25.4 Å². The number of rotatable bonds is 42. The number of ether oxygens (including phenoxy) is 3. The van der Waals surface area contributed by atoms with Gasteiger partial charge in [0.25, 0.3) is 0 Å². The number of unbranched alkanes of at least 4 members (excludes halogenated alkanes) is 20. The highest BCUT2D eigenvalue weighted by atomic mass is 16.7. The molecule has 66 heavy (non-hydrogen) atoms. The van der Waals surface area contributed by atoms with E-state index >= 15 is 0 Å². The first-order valence-electron chi connectivity index (χ1n) is 26.2. The Bertz CT molecular complexity index is 1340. The van der Waals surface area contributed by atoms with Gasteiger partial charge in [0.2, 0.25) is 5.91 Å². The van der Waals surface area contributed by atoms with Crippen molar-refractivity contribution in [3.63, 3.8) is 0 Å². The van der Waals surface area contributed by atoms with Crippen LogP contribution in [0, 0.1) is 0 Å². The van der Waals surface area contributed by atoms with Gasteiger partial charge in [0, 0.05) is 6.42 Å². The number of amides is 1. The first kappa shape index (κ1) is 61.1. The minimum atomic E-state index is -1.62. The van der Waals surface area contributed by atoms with Gasteiger partial charge in [-0.25, -0.2) is 0 Å². The maximum Gasteiger partial charge on any atom is 0.306 e. The highest BCUT2D eigenvalue weighted by Gasteiger charge is 2.47. The van der Waals surface area contributed by atoms with Crippen LogP contribution in [0.1, 0.15) is 201 Å². The van der Waals surface area contributed by atoms with Crippen molar-refractivity contribution < 1.29 is 49.3 Å². The lowest BCUT2D eigenvalue weighted by molar-refractivity contribution is -0.305. The number of allylic oxidation sites excluding steroid dienone is 11. The molecule has 1 aliphatic heterocycles. The van der Waals surface area contributed by atoms with E-state index in [1.54, 1.807) is 6.08 Å². The van der Waals surface area contributed by atoms with Crippen LogP contribution in [0.25, 0.3) is 0 Å². The third kappa shape index (κ3) is 32.0. The summed E-state index contributed by atoms with van der Waals surface area (Å²) in [5, 5.41) is 56.6. The van der Waals surface area contributed by atoms with Crippen LogP contribution in [0.5, 0.6) is 0 Å². The van der Waals surface area contributed by atoms with Crippen molar-refractivity contribution in [2.75, 3.05) is 13.2 Å². The third-order valence-electron chi connectivity index (χ3n) is 11.9. The fourth-order valence-electron chi connectivity index (χ4n) is 7.75. The fourth-order valence-corrected chi connectivity index (χ4v) is 7.75. The summed E-state index contributed by atoms with van der Waals surface area (Å²) in [5.74, 6) is -1.23. The van der Waals surface area contributed by atoms with Crippen molar-refractivity contribution in [1.29, 1.82) is 0 Å². The number of aliphatic hydroxyl groups is 5. The molecule has 1 amide bonds. The quantitative estimate of drug-likeness (QED) is 0.0150. The molecule has 8 unspecified atom stereocenters. The molecule has 0 radical (unpaired) electrons. The SMILES string of the molecule is CC/C=C/C=C/C=C\CCCCCCCC(=O)OC1C(OCC(NC(=O)C(O)CCCCCCCC/C=C/C/C=C/CC)C(O)/C=C/CCCCCCCCCCC)OC(CO)C(O)C1O. The Morgan fingerprint density at radius 1 is 0.621 bits per heavy atom. The predicted molar refractivity (Wildman–Crippen MR) is 269 cm³/mol. The summed E-state index contributed by atoms with van der Waals surface area (Å²) in [5.41, 5.74) is 0. The molecule has 0 bridgehead atoms. The molecular formula is C55H95NO10. The maximum atomic E-state index is 13.3. The molecule has 1 saturated heterocycles. The zero-order valence-electron chi connectivity index (χ0n) is 41.5. The summed E-state index contributed by atoms with van der Waals surface area (Å²) in [6, 6.07) is -1.03. The minimum absolute atomic E-state index is 0.0967. The Balaban J connectivity index is 2.79. The first-order valence-corrected chi connectivity index (χ1v) is 26.2. The highest BCUT2D eigenvalue weighted by Crippen LogP contribution is 2.26. The third-order valence-corrected chi connectivity index (χ3v) is 11.9. The van der Waals surface area contributed by atoms with Gasteiger partial charge in [-0.1, -0.05) is 196 Å². The number of esters is 1. The van der Waals surface area contributed by atoms with Gasteiger partial charge in [0.15, 0.2) is 12.4 Å². The van der Waals surface area contributed by atoms with Crippen molar-refractivity contribution in [2.24, 2.45) is 0 Å². The largest absolute Gasteiger partial charge is 0.454 e. The Labute approximate surface area is 400 Å². The van der Waals surface area contributed by atoms with E-state index in [0.29, 0.717) is 12.8 Å². The second kappa shape index (κ2) is 43.4. The standard InChI is InChI=1S/C55H95NO10/c1-4-7-10-13-16-19-22-24-27-30-33-36-39-42-48(59)54(63)56-46(47(58)41-38-35-32-29-26-21-18-15-12-9-6-3)45-64-55-53(52(62)51(61)49(44-57)65-55)66-50(60)43-40-37-34-31-28-25-23-20-17-14-11-8-5-2/h7-8,10-11,14,16-17,19-20,23,38,41,46-49,51-53,55,57-59,61-62H,4-6,9,12-13,15,18,21-22,24-37,39-40,42-45H2,1-3H3,(H,56,63)/b10-7+,11-8+,17-14+,19-16+,23-20-,41-38+. The van der Waals surface area contributed by atoms with Crippen molar-refractivity contribution in [1.82, 2.24) is 5.32 Å². The Kier molecular flexibility index (Phi) is 40.2. The lowest BCUT2D eigenvalue weighted by Crippen LogP contribution is -2.61. The van der Waals surface area contributed by atoms with E-state index in [0.717, 1.165) is 109 Å². The van der Waals surface area contributed by atoms with Crippen LogP contribution in [-0.2, 0) is 23.8 Å². The van der Waals surface area contributed by atoms with E-state index in [9.17, 15) is 35.1 Å². The second-order valence-corrected chi connectivity index (χ2v) is 17.9. The summed E-state index contributed by atoms with van der Waals surface area (Å²) < 4.78 is 17.5. The average molecular weight is 930 g/mol. The molecule has 6 N–H and O–H groups in total. The number of carbonyl (C=O) groups is 2. The molecule has 1 fully saturated rings. The summed E-state index contributed by atoms with van der Waals surface area (Å²) >= 11 is 0. The van der Waals surface area contributed by atoms with E-state index in [1.807, 2.05) is 24.3 Å². The molecule has 0 aromatic rings. The first-order chi connectivity index (χ1) is 32.2. The summed E-state index contributed by atoms with van der Waals surface area (Å²) in [4.78, 5) is 26.3. The number of aliphatic hydroxyl groups excluding tert-OH is 5. The van der Waals surface area contributed by atoms with Crippen LogP contribution < -0.4 is 5.32 Å². The van der Waals surface area contributed by atoms with Gasteiger partial charge in [0.1, 0.15) is 24.4 Å². The van der Waals surface area contributed by atoms with Gasteiger partial charge < -0.3 is 45.1 Å². The molecule has 0 aliphatic carbocycles.